The van der Waals surface area contributed by atoms with Crippen molar-refractivity contribution in [3.8, 4) is 0 Å². The zero-order chi connectivity index (χ0) is 26.7. The fourth-order valence-corrected chi connectivity index (χ4v) is 4.05. The number of benzene rings is 2. The SMILES string of the molecule is Cc1ccc(CCN(C(=O)/C=C/C(=O)N(CCc2ccc(C)nc2)c2ccccc2)c2ccccc2)cn1. The predicted molar refractivity (Wildman–Crippen MR) is 152 cm³/mol. The Labute approximate surface area is 224 Å². The highest BCUT2D eigenvalue weighted by molar-refractivity contribution is 6.08. The van der Waals surface area contributed by atoms with Gasteiger partial charge in [-0.1, -0.05) is 48.5 Å². The van der Waals surface area contributed by atoms with E-state index in [2.05, 4.69) is 9.97 Å². The van der Waals surface area contributed by atoms with Crippen LogP contribution >= 0.6 is 0 Å². The molecule has 192 valence electrons. The number of pyridine rings is 2. The van der Waals surface area contributed by atoms with E-state index in [9.17, 15) is 9.59 Å². The van der Waals surface area contributed by atoms with Crippen LogP contribution in [0.3, 0.4) is 0 Å². The molecule has 0 saturated heterocycles. The molecule has 0 spiro atoms. The van der Waals surface area contributed by atoms with Crippen LogP contribution in [0.25, 0.3) is 0 Å². The maximum absolute atomic E-state index is 13.3. The van der Waals surface area contributed by atoms with Crippen LogP contribution in [0.4, 0.5) is 11.4 Å². The minimum absolute atomic E-state index is 0.250. The number of hydrogen-bond acceptors (Lipinski definition) is 4. The van der Waals surface area contributed by atoms with E-state index in [1.54, 1.807) is 9.80 Å². The average Bonchev–Trinajstić information content (AvgIpc) is 2.95. The monoisotopic (exact) mass is 504 g/mol. The molecule has 4 aromatic rings. The number of hydrogen-bond donors (Lipinski definition) is 0. The molecule has 0 atom stereocenters. The second kappa shape index (κ2) is 13.1. The van der Waals surface area contributed by atoms with E-state index >= 15 is 0 Å². The quantitative estimate of drug-likeness (QED) is 0.268. The fourth-order valence-electron chi connectivity index (χ4n) is 4.05. The van der Waals surface area contributed by atoms with Gasteiger partial charge in [-0.05, 0) is 74.2 Å². The molecule has 0 aliphatic carbocycles. The van der Waals surface area contributed by atoms with Gasteiger partial charge in [-0.25, -0.2) is 0 Å². The van der Waals surface area contributed by atoms with Gasteiger partial charge < -0.3 is 9.80 Å². The van der Waals surface area contributed by atoms with Crippen LogP contribution in [0.2, 0.25) is 0 Å². The van der Waals surface area contributed by atoms with Gasteiger partial charge in [-0.2, -0.15) is 0 Å². The average molecular weight is 505 g/mol. The fraction of sp³-hybridized carbons (Fsp3) is 0.188. The van der Waals surface area contributed by atoms with Gasteiger partial charge in [0.2, 0.25) is 0 Å². The van der Waals surface area contributed by atoms with Crippen LogP contribution < -0.4 is 9.80 Å². The highest BCUT2D eigenvalue weighted by Gasteiger charge is 2.17. The zero-order valence-electron chi connectivity index (χ0n) is 21.8. The summed E-state index contributed by atoms with van der Waals surface area (Å²) in [6.45, 7) is 4.83. The highest BCUT2D eigenvalue weighted by atomic mass is 16.2. The van der Waals surface area contributed by atoms with Gasteiger partial charge in [0.25, 0.3) is 11.8 Å². The van der Waals surface area contributed by atoms with E-state index in [-0.39, 0.29) is 11.8 Å². The first kappa shape index (κ1) is 26.5. The molecule has 4 rings (SSSR count). The van der Waals surface area contributed by atoms with Gasteiger partial charge in [0.15, 0.2) is 0 Å². The Bertz CT molecular complexity index is 1250. The van der Waals surface area contributed by atoms with Crippen LogP contribution in [-0.2, 0) is 22.4 Å². The van der Waals surface area contributed by atoms with Crippen molar-refractivity contribution in [3.05, 3.63) is 132 Å². The lowest BCUT2D eigenvalue weighted by Gasteiger charge is -2.23. The molecule has 2 aromatic carbocycles. The van der Waals surface area contributed by atoms with Crippen molar-refractivity contribution in [2.75, 3.05) is 22.9 Å². The lowest BCUT2D eigenvalue weighted by atomic mass is 10.1. The molecule has 0 saturated carbocycles. The summed E-state index contributed by atoms with van der Waals surface area (Å²) in [5, 5.41) is 0. The van der Waals surface area contributed by atoms with Crippen LogP contribution in [0.1, 0.15) is 22.5 Å². The smallest absolute Gasteiger partial charge is 0.251 e. The van der Waals surface area contributed by atoms with Crippen molar-refractivity contribution < 1.29 is 9.59 Å². The molecule has 6 nitrogen and oxygen atoms in total. The van der Waals surface area contributed by atoms with Crippen molar-refractivity contribution in [3.63, 3.8) is 0 Å². The molecule has 0 radical (unpaired) electrons. The minimum Gasteiger partial charge on any atom is -0.309 e. The molecule has 2 aromatic heterocycles. The van der Waals surface area contributed by atoms with Gasteiger partial charge in [-0.3, -0.25) is 19.6 Å². The number of carbonyl (C=O) groups is 2. The van der Waals surface area contributed by atoms with Crippen LogP contribution in [0, 0.1) is 13.8 Å². The molecule has 0 fully saturated rings. The molecule has 38 heavy (non-hydrogen) atoms. The molecule has 6 heteroatoms. The summed E-state index contributed by atoms with van der Waals surface area (Å²) >= 11 is 0. The number of aryl methyl sites for hydroxylation is 2. The molecule has 0 unspecified atom stereocenters. The van der Waals surface area contributed by atoms with E-state index in [1.807, 2.05) is 111 Å². The summed E-state index contributed by atoms with van der Waals surface area (Å²) in [4.78, 5) is 38.8. The second-order valence-electron chi connectivity index (χ2n) is 9.10. The summed E-state index contributed by atoms with van der Waals surface area (Å²) < 4.78 is 0. The van der Waals surface area contributed by atoms with E-state index < -0.39 is 0 Å². The predicted octanol–water partition coefficient (Wildman–Crippen LogP) is 5.50. The molecule has 0 N–H and O–H groups in total. The first-order valence-corrected chi connectivity index (χ1v) is 12.7. The van der Waals surface area contributed by atoms with Crippen molar-refractivity contribution in [2.45, 2.75) is 26.7 Å². The molecule has 2 amide bonds. The first-order valence-electron chi connectivity index (χ1n) is 12.7. The molecular formula is C32H32N4O2. The molecule has 2 heterocycles. The van der Waals surface area contributed by atoms with Crippen LogP contribution in [0.5, 0.6) is 0 Å². The Morgan fingerprint density at radius 3 is 1.34 bits per heavy atom. The van der Waals surface area contributed by atoms with Crippen LogP contribution in [0.15, 0.2) is 109 Å². The third kappa shape index (κ3) is 7.46. The Morgan fingerprint density at radius 2 is 1.00 bits per heavy atom. The Balaban J connectivity index is 1.49. The van der Waals surface area contributed by atoms with Gasteiger partial charge in [0.1, 0.15) is 0 Å². The van der Waals surface area contributed by atoms with Crippen molar-refractivity contribution >= 4 is 23.2 Å². The standard InChI is InChI=1S/C32H32N4O2/c1-25-13-15-27(23-33-25)19-21-35(29-9-5-3-6-10-29)31(37)17-18-32(38)36(30-11-7-4-8-12-30)22-20-28-16-14-26(2)34-24-28/h3-18,23-24H,19-22H2,1-2H3/b18-17+. The first-order chi connectivity index (χ1) is 18.5. The maximum atomic E-state index is 13.3. The molecule has 0 bridgehead atoms. The van der Waals surface area contributed by atoms with Crippen molar-refractivity contribution in [2.24, 2.45) is 0 Å². The summed E-state index contributed by atoms with van der Waals surface area (Å²) in [5.74, 6) is -0.499. The number of para-hydroxylation sites is 2. The summed E-state index contributed by atoms with van der Waals surface area (Å²) in [6, 6.07) is 27.0. The highest BCUT2D eigenvalue weighted by Crippen LogP contribution is 2.17. The lowest BCUT2D eigenvalue weighted by Crippen LogP contribution is -2.33. The van der Waals surface area contributed by atoms with E-state index in [0.717, 1.165) is 33.9 Å². The van der Waals surface area contributed by atoms with Crippen molar-refractivity contribution in [1.82, 2.24) is 9.97 Å². The van der Waals surface area contributed by atoms with Gasteiger partial charge in [0.05, 0.1) is 0 Å². The van der Waals surface area contributed by atoms with E-state index in [4.69, 9.17) is 0 Å². The van der Waals surface area contributed by atoms with Crippen LogP contribution in [-0.4, -0.2) is 34.9 Å². The number of nitrogens with zero attached hydrogens (tertiary/aromatic N) is 4. The molecule has 0 aliphatic rings. The third-order valence-corrected chi connectivity index (χ3v) is 6.23. The maximum Gasteiger partial charge on any atom is 0.251 e. The number of carbonyl (C=O) groups excluding carboxylic acids is 2. The number of amides is 2. The van der Waals surface area contributed by atoms with Gasteiger partial charge in [0, 0.05) is 60.4 Å². The van der Waals surface area contributed by atoms with Crippen molar-refractivity contribution in [1.29, 1.82) is 0 Å². The summed E-state index contributed by atoms with van der Waals surface area (Å²) in [6.07, 6.45) is 7.71. The largest absolute Gasteiger partial charge is 0.309 e. The lowest BCUT2D eigenvalue weighted by molar-refractivity contribution is -0.116. The summed E-state index contributed by atoms with van der Waals surface area (Å²) in [5.41, 5.74) is 5.55. The number of anilines is 2. The minimum atomic E-state index is -0.250. The van der Waals surface area contributed by atoms with Gasteiger partial charge >= 0.3 is 0 Å². The topological polar surface area (TPSA) is 66.4 Å². The normalized spacial score (nSPS) is 10.9. The zero-order valence-corrected chi connectivity index (χ0v) is 21.8. The van der Waals surface area contributed by atoms with E-state index in [0.29, 0.717) is 25.9 Å². The Kier molecular flexibility index (Phi) is 9.13. The second-order valence-corrected chi connectivity index (χ2v) is 9.10. The van der Waals surface area contributed by atoms with E-state index in [1.165, 1.54) is 12.2 Å². The number of aromatic nitrogens is 2. The van der Waals surface area contributed by atoms with Gasteiger partial charge in [-0.15, -0.1) is 0 Å². The molecular weight excluding hydrogens is 472 g/mol. The summed E-state index contributed by atoms with van der Waals surface area (Å²) in [7, 11) is 0. The number of rotatable bonds is 10. The Hall–Kier alpha value is -4.58. The molecule has 0 aliphatic heterocycles. The third-order valence-electron chi connectivity index (χ3n) is 6.23. The Morgan fingerprint density at radius 1 is 0.605 bits per heavy atom.